The van der Waals surface area contributed by atoms with Crippen molar-refractivity contribution in [2.45, 2.75) is 44.8 Å². The molecular formula is C13H20N4O. The fourth-order valence-corrected chi connectivity index (χ4v) is 3.10. The molecule has 1 saturated carbocycles. The number of fused-ring (bicyclic) bond motifs is 1. The first-order valence-electron chi connectivity index (χ1n) is 6.73. The van der Waals surface area contributed by atoms with E-state index in [1.807, 2.05) is 13.0 Å². The first-order chi connectivity index (χ1) is 8.74. The summed E-state index contributed by atoms with van der Waals surface area (Å²) in [6.45, 7) is 3.57. The molecule has 18 heavy (non-hydrogen) atoms. The second kappa shape index (κ2) is 4.72. The Morgan fingerprint density at radius 1 is 1.33 bits per heavy atom. The molecule has 2 fully saturated rings. The maximum atomic E-state index is 5.88. The van der Waals surface area contributed by atoms with Crippen LogP contribution in [0.1, 0.15) is 31.5 Å². The number of nitrogens with zero attached hydrogens (tertiary/aromatic N) is 3. The van der Waals surface area contributed by atoms with Crippen LogP contribution in [0.5, 0.6) is 0 Å². The largest absolute Gasteiger partial charge is 0.384 e. The standard InChI is InChI=1S/C13H20N4O/c1-9-15-12(14)8-13(16-9)17-6-7-18-11-5-3-2-4-10(11)17/h8,10-11H,2-7H2,1H3,(H2,14,15,16). The zero-order valence-electron chi connectivity index (χ0n) is 10.8. The van der Waals surface area contributed by atoms with Gasteiger partial charge in [-0.3, -0.25) is 0 Å². The highest BCUT2D eigenvalue weighted by Gasteiger charge is 2.34. The topological polar surface area (TPSA) is 64.3 Å². The molecule has 5 nitrogen and oxygen atoms in total. The highest BCUT2D eigenvalue weighted by atomic mass is 16.5. The van der Waals surface area contributed by atoms with Gasteiger partial charge < -0.3 is 15.4 Å². The molecule has 0 amide bonds. The lowest BCUT2D eigenvalue weighted by atomic mass is 9.90. The average molecular weight is 248 g/mol. The summed E-state index contributed by atoms with van der Waals surface area (Å²) in [6.07, 6.45) is 5.28. The third-order valence-electron chi connectivity index (χ3n) is 3.87. The summed E-state index contributed by atoms with van der Waals surface area (Å²) in [5.74, 6) is 2.25. The zero-order valence-corrected chi connectivity index (χ0v) is 10.8. The van der Waals surface area contributed by atoms with Gasteiger partial charge in [0.25, 0.3) is 0 Å². The third kappa shape index (κ3) is 2.14. The number of hydrogen-bond donors (Lipinski definition) is 1. The van der Waals surface area contributed by atoms with Crippen LogP contribution >= 0.6 is 0 Å². The first kappa shape index (κ1) is 11.7. The Morgan fingerprint density at radius 2 is 2.17 bits per heavy atom. The van der Waals surface area contributed by atoms with Crippen molar-refractivity contribution in [2.24, 2.45) is 0 Å². The van der Waals surface area contributed by atoms with Gasteiger partial charge in [0.15, 0.2) is 0 Å². The molecule has 2 unspecified atom stereocenters. The Labute approximate surface area is 107 Å². The summed E-state index contributed by atoms with van der Waals surface area (Å²) in [4.78, 5) is 11.0. The van der Waals surface area contributed by atoms with Gasteiger partial charge in [-0.1, -0.05) is 12.8 Å². The minimum atomic E-state index is 0.365. The van der Waals surface area contributed by atoms with Crippen LogP contribution in [0.3, 0.4) is 0 Å². The Morgan fingerprint density at radius 3 is 3.00 bits per heavy atom. The Hall–Kier alpha value is -1.36. The molecule has 98 valence electrons. The van der Waals surface area contributed by atoms with Crippen LogP contribution < -0.4 is 10.6 Å². The van der Waals surface area contributed by atoms with Crippen molar-refractivity contribution in [1.29, 1.82) is 0 Å². The van der Waals surface area contributed by atoms with Crippen LogP contribution in [0.25, 0.3) is 0 Å². The molecule has 0 radical (unpaired) electrons. The van der Waals surface area contributed by atoms with Crippen LogP contribution in [0.4, 0.5) is 11.6 Å². The molecule has 2 heterocycles. The van der Waals surface area contributed by atoms with Gasteiger partial charge in [0.1, 0.15) is 17.5 Å². The van der Waals surface area contributed by atoms with Crippen molar-refractivity contribution in [2.75, 3.05) is 23.8 Å². The fourth-order valence-electron chi connectivity index (χ4n) is 3.10. The van der Waals surface area contributed by atoms with Gasteiger partial charge in [0.2, 0.25) is 0 Å². The van der Waals surface area contributed by atoms with Crippen LogP contribution in [-0.2, 0) is 4.74 Å². The van der Waals surface area contributed by atoms with Crippen molar-refractivity contribution >= 4 is 11.6 Å². The molecule has 0 bridgehead atoms. The monoisotopic (exact) mass is 248 g/mol. The van der Waals surface area contributed by atoms with Gasteiger partial charge in [-0.2, -0.15) is 0 Å². The van der Waals surface area contributed by atoms with Gasteiger partial charge in [0, 0.05) is 12.6 Å². The summed E-state index contributed by atoms with van der Waals surface area (Å²) in [6, 6.07) is 2.34. The Bertz CT molecular complexity index is 415. The lowest BCUT2D eigenvalue weighted by Crippen LogP contribution is -2.53. The predicted octanol–water partition coefficient (Wildman–Crippen LogP) is 1.52. The lowest BCUT2D eigenvalue weighted by Gasteiger charge is -2.44. The molecule has 1 aliphatic carbocycles. The summed E-state index contributed by atoms with van der Waals surface area (Å²) >= 11 is 0. The Kier molecular flexibility index (Phi) is 3.07. The minimum Gasteiger partial charge on any atom is -0.384 e. The van der Waals surface area contributed by atoms with Crippen molar-refractivity contribution < 1.29 is 4.74 Å². The molecular weight excluding hydrogens is 228 g/mol. The molecule has 2 atom stereocenters. The normalized spacial score (nSPS) is 27.9. The summed E-state index contributed by atoms with van der Waals surface area (Å²) in [5.41, 5.74) is 5.83. The van der Waals surface area contributed by atoms with E-state index >= 15 is 0 Å². The van der Waals surface area contributed by atoms with E-state index in [2.05, 4.69) is 14.9 Å². The molecule has 1 aromatic heterocycles. The van der Waals surface area contributed by atoms with Gasteiger partial charge in [0.05, 0.1) is 18.8 Å². The van der Waals surface area contributed by atoms with E-state index in [1.54, 1.807) is 0 Å². The number of morpholine rings is 1. The smallest absolute Gasteiger partial charge is 0.134 e. The number of aromatic nitrogens is 2. The van der Waals surface area contributed by atoms with Gasteiger partial charge >= 0.3 is 0 Å². The molecule has 5 heteroatoms. The summed E-state index contributed by atoms with van der Waals surface area (Å²) in [5, 5.41) is 0. The van der Waals surface area contributed by atoms with Crippen LogP contribution in [0, 0.1) is 6.92 Å². The summed E-state index contributed by atoms with van der Waals surface area (Å²) in [7, 11) is 0. The maximum Gasteiger partial charge on any atom is 0.134 e. The molecule has 0 aromatic carbocycles. The predicted molar refractivity (Wildman–Crippen MR) is 70.5 cm³/mol. The number of hydrogen-bond acceptors (Lipinski definition) is 5. The SMILES string of the molecule is Cc1nc(N)cc(N2CCOC3CCCCC32)n1. The number of rotatable bonds is 1. The number of ether oxygens (including phenoxy) is 1. The van der Waals surface area contributed by atoms with Gasteiger partial charge in [-0.15, -0.1) is 0 Å². The van der Waals surface area contributed by atoms with Crippen molar-refractivity contribution in [3.63, 3.8) is 0 Å². The molecule has 2 N–H and O–H groups in total. The molecule has 2 aliphatic rings. The third-order valence-corrected chi connectivity index (χ3v) is 3.87. The van der Waals surface area contributed by atoms with E-state index in [-0.39, 0.29) is 0 Å². The molecule has 1 saturated heterocycles. The van der Waals surface area contributed by atoms with Crippen molar-refractivity contribution in [1.82, 2.24) is 9.97 Å². The number of nitrogens with two attached hydrogens (primary N) is 1. The van der Waals surface area contributed by atoms with E-state index in [0.29, 0.717) is 18.0 Å². The van der Waals surface area contributed by atoms with E-state index in [1.165, 1.54) is 25.7 Å². The van der Waals surface area contributed by atoms with Crippen LogP contribution in [0.2, 0.25) is 0 Å². The molecule has 3 rings (SSSR count). The van der Waals surface area contributed by atoms with Crippen molar-refractivity contribution in [3.05, 3.63) is 11.9 Å². The second-order valence-electron chi connectivity index (χ2n) is 5.15. The maximum absolute atomic E-state index is 5.88. The quantitative estimate of drug-likeness (QED) is 0.816. The van der Waals surface area contributed by atoms with E-state index < -0.39 is 0 Å². The highest BCUT2D eigenvalue weighted by Crippen LogP contribution is 2.31. The van der Waals surface area contributed by atoms with E-state index in [0.717, 1.165) is 24.8 Å². The molecule has 1 aliphatic heterocycles. The first-order valence-corrected chi connectivity index (χ1v) is 6.73. The summed E-state index contributed by atoms with van der Waals surface area (Å²) < 4.78 is 5.88. The molecule has 0 spiro atoms. The van der Waals surface area contributed by atoms with Crippen LogP contribution in [0.15, 0.2) is 6.07 Å². The van der Waals surface area contributed by atoms with Crippen molar-refractivity contribution in [3.8, 4) is 0 Å². The van der Waals surface area contributed by atoms with Crippen LogP contribution in [-0.4, -0.2) is 35.3 Å². The number of nitrogen functional groups attached to an aromatic ring is 1. The molecule has 1 aromatic rings. The lowest BCUT2D eigenvalue weighted by molar-refractivity contribution is -0.00900. The van der Waals surface area contributed by atoms with Gasteiger partial charge in [-0.05, 0) is 19.8 Å². The minimum absolute atomic E-state index is 0.365. The number of aryl methyl sites for hydroxylation is 1. The average Bonchev–Trinajstić information content (AvgIpc) is 2.37. The highest BCUT2D eigenvalue weighted by molar-refractivity contribution is 5.48. The second-order valence-corrected chi connectivity index (χ2v) is 5.15. The van der Waals surface area contributed by atoms with E-state index in [4.69, 9.17) is 10.5 Å². The Balaban J connectivity index is 1.89. The fraction of sp³-hybridized carbons (Fsp3) is 0.692. The van der Waals surface area contributed by atoms with Gasteiger partial charge in [-0.25, -0.2) is 9.97 Å². The number of anilines is 2. The zero-order chi connectivity index (χ0) is 12.5. The van der Waals surface area contributed by atoms with E-state index in [9.17, 15) is 0 Å².